The first-order valence-corrected chi connectivity index (χ1v) is 11.7. The molecule has 0 fully saturated rings. The van der Waals surface area contributed by atoms with Crippen LogP contribution in [-0.4, -0.2) is 47.5 Å². The summed E-state index contributed by atoms with van der Waals surface area (Å²) in [4.78, 5) is 19.0. The lowest BCUT2D eigenvalue weighted by Crippen LogP contribution is -2.24. The summed E-state index contributed by atoms with van der Waals surface area (Å²) < 4.78 is 28.2. The highest BCUT2D eigenvalue weighted by Gasteiger charge is 2.24. The minimum absolute atomic E-state index is 0.0278. The fourth-order valence-corrected chi connectivity index (χ4v) is 5.08. The Labute approximate surface area is 184 Å². The standard InChI is InChI=1S/C21H21N5O3S2/c1-13-19-14(12-16(17-9-7-11-30-17)22-20(19)26(4)24-13)21(27)23-15-8-5-6-10-18(15)31(28,29)25(2)3/h5-12H,1-4H3,(H,23,27). The van der Waals surface area contributed by atoms with Gasteiger partial charge in [-0.1, -0.05) is 18.2 Å². The van der Waals surface area contributed by atoms with Gasteiger partial charge < -0.3 is 5.32 Å². The molecule has 1 N–H and O–H groups in total. The maximum Gasteiger partial charge on any atom is 0.256 e. The molecule has 10 heteroatoms. The number of hydrogen-bond acceptors (Lipinski definition) is 6. The van der Waals surface area contributed by atoms with Crippen molar-refractivity contribution >= 4 is 44.0 Å². The van der Waals surface area contributed by atoms with Crippen LogP contribution in [0.5, 0.6) is 0 Å². The Morgan fingerprint density at radius 3 is 2.58 bits per heavy atom. The normalized spacial score (nSPS) is 11.9. The number of aryl methyl sites for hydroxylation is 2. The summed E-state index contributed by atoms with van der Waals surface area (Å²) in [5.41, 5.74) is 2.51. The molecular formula is C21H21N5O3S2. The topological polar surface area (TPSA) is 97.2 Å². The van der Waals surface area contributed by atoms with Crippen molar-refractivity contribution in [2.45, 2.75) is 11.8 Å². The van der Waals surface area contributed by atoms with E-state index < -0.39 is 15.9 Å². The second kappa shape index (κ2) is 7.88. The Hall–Kier alpha value is -3.08. The molecule has 0 unspecified atom stereocenters. The van der Waals surface area contributed by atoms with Gasteiger partial charge in [0.1, 0.15) is 4.90 Å². The molecule has 160 valence electrons. The second-order valence-corrected chi connectivity index (χ2v) is 10.2. The zero-order valence-corrected chi connectivity index (χ0v) is 19.1. The molecule has 1 aromatic carbocycles. The fraction of sp³-hybridized carbons (Fsp3) is 0.190. The second-order valence-electron chi connectivity index (χ2n) is 7.18. The monoisotopic (exact) mass is 455 g/mol. The molecule has 0 aliphatic carbocycles. The molecule has 3 heterocycles. The van der Waals surface area contributed by atoms with Crippen LogP contribution in [0, 0.1) is 6.92 Å². The number of rotatable bonds is 5. The van der Waals surface area contributed by atoms with Crippen LogP contribution >= 0.6 is 11.3 Å². The van der Waals surface area contributed by atoms with Crippen LogP contribution in [0.3, 0.4) is 0 Å². The summed E-state index contributed by atoms with van der Waals surface area (Å²) in [5, 5.41) is 9.78. The average Bonchev–Trinajstić information content (AvgIpc) is 3.36. The molecule has 0 saturated heterocycles. The molecule has 1 amide bonds. The smallest absolute Gasteiger partial charge is 0.256 e. The van der Waals surface area contributed by atoms with Gasteiger partial charge in [-0.2, -0.15) is 5.10 Å². The highest BCUT2D eigenvalue weighted by Crippen LogP contribution is 2.30. The van der Waals surface area contributed by atoms with Crippen molar-refractivity contribution in [2.75, 3.05) is 19.4 Å². The number of hydrogen-bond donors (Lipinski definition) is 1. The van der Waals surface area contributed by atoms with Crippen molar-refractivity contribution in [3.8, 4) is 10.6 Å². The quantitative estimate of drug-likeness (QED) is 0.497. The van der Waals surface area contributed by atoms with Crippen LogP contribution in [0.4, 0.5) is 5.69 Å². The molecule has 0 aliphatic rings. The Bertz CT molecular complexity index is 1390. The van der Waals surface area contributed by atoms with Crippen LogP contribution < -0.4 is 5.32 Å². The molecule has 3 aromatic heterocycles. The molecule has 0 bridgehead atoms. The number of carbonyl (C=O) groups excluding carboxylic acids is 1. The summed E-state index contributed by atoms with van der Waals surface area (Å²) in [5.74, 6) is -0.428. The van der Waals surface area contributed by atoms with Gasteiger partial charge in [0, 0.05) is 21.1 Å². The van der Waals surface area contributed by atoms with Crippen LogP contribution in [0.15, 0.2) is 52.7 Å². The Morgan fingerprint density at radius 1 is 1.16 bits per heavy atom. The number of sulfonamides is 1. The molecular weight excluding hydrogens is 434 g/mol. The number of amides is 1. The van der Waals surface area contributed by atoms with E-state index in [0.29, 0.717) is 28.0 Å². The lowest BCUT2D eigenvalue weighted by Gasteiger charge is -2.16. The lowest BCUT2D eigenvalue weighted by atomic mass is 10.1. The summed E-state index contributed by atoms with van der Waals surface area (Å²) in [6.07, 6.45) is 0. The van der Waals surface area contributed by atoms with Crippen LogP contribution in [0.2, 0.25) is 0 Å². The van der Waals surface area contributed by atoms with E-state index in [2.05, 4.69) is 10.4 Å². The number of para-hydroxylation sites is 1. The van der Waals surface area contributed by atoms with E-state index >= 15 is 0 Å². The Morgan fingerprint density at radius 2 is 1.90 bits per heavy atom. The molecule has 0 spiro atoms. The number of thiophene rings is 1. The van der Waals surface area contributed by atoms with Gasteiger partial charge in [0.2, 0.25) is 10.0 Å². The predicted octanol–water partition coefficient (Wildman–Crippen LogP) is 3.51. The van der Waals surface area contributed by atoms with Crippen molar-refractivity contribution in [3.05, 3.63) is 59.1 Å². The number of aromatic nitrogens is 3. The molecule has 0 atom stereocenters. The number of nitrogens with zero attached hydrogens (tertiary/aromatic N) is 4. The third kappa shape index (κ3) is 3.73. The highest BCUT2D eigenvalue weighted by atomic mass is 32.2. The number of anilines is 1. The number of nitrogens with one attached hydrogen (secondary N) is 1. The zero-order chi connectivity index (χ0) is 22.3. The number of fused-ring (bicyclic) bond motifs is 1. The molecule has 0 saturated carbocycles. The van der Waals surface area contributed by atoms with Crippen LogP contribution in [0.25, 0.3) is 21.6 Å². The lowest BCUT2D eigenvalue weighted by molar-refractivity contribution is 0.102. The maximum atomic E-state index is 13.4. The molecule has 4 rings (SSSR count). The predicted molar refractivity (Wildman–Crippen MR) is 122 cm³/mol. The fourth-order valence-electron chi connectivity index (χ4n) is 3.36. The Kier molecular flexibility index (Phi) is 5.38. The first-order valence-electron chi connectivity index (χ1n) is 9.41. The van der Waals surface area contributed by atoms with Gasteiger partial charge in [0.15, 0.2) is 5.65 Å². The molecule has 31 heavy (non-hydrogen) atoms. The van der Waals surface area contributed by atoms with Crippen LogP contribution in [-0.2, 0) is 17.1 Å². The van der Waals surface area contributed by atoms with E-state index in [1.807, 2.05) is 24.4 Å². The Balaban J connectivity index is 1.85. The summed E-state index contributed by atoms with van der Waals surface area (Å²) in [6.45, 7) is 1.82. The van der Waals surface area contributed by atoms with Crippen LogP contribution in [0.1, 0.15) is 16.1 Å². The van der Waals surface area contributed by atoms with Crippen molar-refractivity contribution < 1.29 is 13.2 Å². The summed E-state index contributed by atoms with van der Waals surface area (Å²) >= 11 is 1.52. The van der Waals surface area contributed by atoms with Gasteiger partial charge >= 0.3 is 0 Å². The van der Waals surface area contributed by atoms with E-state index in [4.69, 9.17) is 4.98 Å². The van der Waals surface area contributed by atoms with E-state index in [-0.39, 0.29) is 10.6 Å². The van der Waals surface area contributed by atoms with E-state index in [1.165, 1.54) is 31.5 Å². The molecule has 0 aliphatic heterocycles. The number of benzene rings is 1. The molecule has 8 nitrogen and oxygen atoms in total. The van der Waals surface area contributed by atoms with Crippen molar-refractivity contribution in [1.82, 2.24) is 19.1 Å². The number of pyridine rings is 1. The SMILES string of the molecule is Cc1nn(C)c2nc(-c3cccs3)cc(C(=O)Nc3ccccc3S(=O)(=O)N(C)C)c12. The third-order valence-electron chi connectivity index (χ3n) is 4.88. The summed E-state index contributed by atoms with van der Waals surface area (Å²) in [6, 6.07) is 11.9. The highest BCUT2D eigenvalue weighted by molar-refractivity contribution is 7.89. The minimum Gasteiger partial charge on any atom is -0.321 e. The van der Waals surface area contributed by atoms with E-state index in [1.54, 1.807) is 36.0 Å². The van der Waals surface area contributed by atoms with Gasteiger partial charge in [-0.05, 0) is 36.6 Å². The van der Waals surface area contributed by atoms with E-state index in [9.17, 15) is 13.2 Å². The van der Waals surface area contributed by atoms with Crippen molar-refractivity contribution in [1.29, 1.82) is 0 Å². The average molecular weight is 456 g/mol. The maximum absolute atomic E-state index is 13.4. The number of carbonyl (C=O) groups is 1. The van der Waals surface area contributed by atoms with Gasteiger partial charge in [0.25, 0.3) is 5.91 Å². The first-order chi connectivity index (χ1) is 14.7. The molecule has 4 aromatic rings. The third-order valence-corrected chi connectivity index (χ3v) is 7.65. The zero-order valence-electron chi connectivity index (χ0n) is 17.4. The largest absolute Gasteiger partial charge is 0.321 e. The minimum atomic E-state index is -3.73. The molecule has 0 radical (unpaired) electrons. The van der Waals surface area contributed by atoms with Gasteiger partial charge in [-0.3, -0.25) is 9.48 Å². The van der Waals surface area contributed by atoms with E-state index in [0.717, 1.165) is 9.18 Å². The summed E-state index contributed by atoms with van der Waals surface area (Å²) in [7, 11) is 0.947. The van der Waals surface area contributed by atoms with Gasteiger partial charge in [-0.15, -0.1) is 11.3 Å². The van der Waals surface area contributed by atoms with Crippen molar-refractivity contribution in [3.63, 3.8) is 0 Å². The van der Waals surface area contributed by atoms with Gasteiger partial charge in [-0.25, -0.2) is 17.7 Å². The van der Waals surface area contributed by atoms with Gasteiger partial charge in [0.05, 0.1) is 32.9 Å². The van der Waals surface area contributed by atoms with Crippen molar-refractivity contribution in [2.24, 2.45) is 7.05 Å². The first kappa shape index (κ1) is 21.2.